The van der Waals surface area contributed by atoms with Crippen molar-refractivity contribution in [3.05, 3.63) is 58.9 Å². The summed E-state index contributed by atoms with van der Waals surface area (Å²) in [6.45, 7) is 2.46. The number of aromatic hydroxyl groups is 1. The first-order chi connectivity index (χ1) is 11.2. The van der Waals surface area contributed by atoms with E-state index >= 15 is 0 Å². The quantitative estimate of drug-likeness (QED) is 0.784. The predicted molar refractivity (Wildman–Crippen MR) is 90.7 cm³/mol. The maximum absolute atomic E-state index is 9.79. The minimum atomic E-state index is 0.270. The van der Waals surface area contributed by atoms with Crippen molar-refractivity contribution in [2.75, 3.05) is 0 Å². The normalized spacial score (nSPS) is 34.2. The van der Waals surface area contributed by atoms with Crippen molar-refractivity contribution < 1.29 is 5.11 Å². The van der Waals surface area contributed by atoms with Crippen LogP contribution in [0.2, 0.25) is 0 Å². The van der Waals surface area contributed by atoms with Gasteiger partial charge in [0.25, 0.3) is 0 Å². The second-order valence-electron chi connectivity index (χ2n) is 7.97. The number of phenols is 1. The number of phenolic OH excluding ortho intramolecular Hbond substituents is 1. The van der Waals surface area contributed by atoms with Crippen molar-refractivity contribution in [1.82, 2.24) is 4.98 Å². The summed E-state index contributed by atoms with van der Waals surface area (Å²) in [5, 5.41) is 9.79. The molecule has 0 radical (unpaired) electrons. The maximum atomic E-state index is 9.79. The highest BCUT2D eigenvalue weighted by atomic mass is 16.3. The molecular formula is C21H23NO. The van der Waals surface area contributed by atoms with E-state index in [0.29, 0.717) is 11.7 Å². The van der Waals surface area contributed by atoms with E-state index in [0.717, 1.165) is 18.3 Å². The Morgan fingerprint density at radius 1 is 1.17 bits per heavy atom. The Balaban J connectivity index is 1.57. The molecule has 3 unspecified atom stereocenters. The van der Waals surface area contributed by atoms with Crippen molar-refractivity contribution in [3.63, 3.8) is 0 Å². The van der Waals surface area contributed by atoms with E-state index in [1.165, 1.54) is 48.1 Å². The van der Waals surface area contributed by atoms with Gasteiger partial charge in [0.2, 0.25) is 0 Å². The summed E-state index contributed by atoms with van der Waals surface area (Å²) in [4.78, 5) is 4.78. The van der Waals surface area contributed by atoms with E-state index in [9.17, 15) is 5.11 Å². The number of aryl methyl sites for hydroxylation is 1. The lowest BCUT2D eigenvalue weighted by molar-refractivity contribution is 0.104. The van der Waals surface area contributed by atoms with E-state index in [-0.39, 0.29) is 5.41 Å². The van der Waals surface area contributed by atoms with Crippen LogP contribution in [0.5, 0.6) is 5.75 Å². The fraction of sp³-hybridized carbons (Fsp3) is 0.476. The average Bonchev–Trinajstić information content (AvgIpc) is 2.87. The molecule has 2 aromatic rings. The summed E-state index contributed by atoms with van der Waals surface area (Å²) in [5.41, 5.74) is 6.01. The van der Waals surface area contributed by atoms with Crippen molar-refractivity contribution in [1.29, 1.82) is 0 Å². The van der Waals surface area contributed by atoms with E-state index in [2.05, 4.69) is 25.1 Å². The van der Waals surface area contributed by atoms with Crippen LogP contribution in [0, 0.1) is 11.8 Å². The molecule has 1 fully saturated rings. The number of pyridine rings is 1. The highest BCUT2D eigenvalue weighted by molar-refractivity contribution is 5.43. The molecule has 1 aromatic carbocycles. The third kappa shape index (κ3) is 1.78. The van der Waals surface area contributed by atoms with Crippen LogP contribution in [-0.2, 0) is 18.3 Å². The zero-order valence-corrected chi connectivity index (χ0v) is 13.6. The lowest BCUT2D eigenvalue weighted by Gasteiger charge is -2.49. The zero-order valence-electron chi connectivity index (χ0n) is 13.6. The fourth-order valence-electron chi connectivity index (χ4n) is 5.91. The number of aromatic nitrogens is 1. The van der Waals surface area contributed by atoms with Crippen LogP contribution in [-0.4, -0.2) is 10.1 Å². The summed E-state index contributed by atoms with van der Waals surface area (Å²) in [6.07, 6.45) is 8.04. The van der Waals surface area contributed by atoms with E-state index in [1.807, 2.05) is 18.3 Å². The van der Waals surface area contributed by atoms with Gasteiger partial charge >= 0.3 is 0 Å². The van der Waals surface area contributed by atoms with Gasteiger partial charge in [-0.3, -0.25) is 4.98 Å². The molecule has 1 saturated carbocycles. The number of benzene rings is 1. The van der Waals surface area contributed by atoms with Crippen molar-refractivity contribution >= 4 is 0 Å². The zero-order chi connectivity index (χ0) is 15.6. The molecule has 2 heteroatoms. The first-order valence-corrected chi connectivity index (χ1v) is 8.93. The van der Waals surface area contributed by atoms with Crippen molar-refractivity contribution in [3.8, 4) is 5.75 Å². The number of hydrogen-bond donors (Lipinski definition) is 1. The predicted octanol–water partition coefficient (Wildman–Crippen LogP) is 4.36. The van der Waals surface area contributed by atoms with Crippen LogP contribution in [0.3, 0.4) is 0 Å². The van der Waals surface area contributed by atoms with Gasteiger partial charge in [0.1, 0.15) is 5.75 Å². The summed E-state index contributed by atoms with van der Waals surface area (Å²) >= 11 is 0. The lowest BCUT2D eigenvalue weighted by Crippen LogP contribution is -2.43. The van der Waals surface area contributed by atoms with Gasteiger partial charge in [0.05, 0.1) is 0 Å². The topological polar surface area (TPSA) is 33.1 Å². The Bertz CT molecular complexity index is 783. The van der Waals surface area contributed by atoms with Crippen molar-refractivity contribution in [2.45, 2.75) is 50.4 Å². The van der Waals surface area contributed by atoms with Gasteiger partial charge in [-0.25, -0.2) is 0 Å². The van der Waals surface area contributed by atoms with E-state index in [1.54, 1.807) is 0 Å². The summed E-state index contributed by atoms with van der Waals surface area (Å²) in [6, 6.07) is 10.4. The SMILES string of the molecule is C[C@]12CCC3c4ccc(O)cc4CCC3C1Cc1cccnc12. The molecule has 3 aliphatic rings. The Kier molecular flexibility index (Phi) is 2.72. The maximum Gasteiger partial charge on any atom is 0.115 e. The molecule has 23 heavy (non-hydrogen) atoms. The van der Waals surface area contributed by atoms with Gasteiger partial charge in [0, 0.05) is 17.3 Å². The Labute approximate surface area is 137 Å². The highest BCUT2D eigenvalue weighted by Crippen LogP contribution is 2.59. The van der Waals surface area contributed by atoms with Gasteiger partial charge < -0.3 is 5.11 Å². The van der Waals surface area contributed by atoms with E-state index < -0.39 is 0 Å². The van der Waals surface area contributed by atoms with Crippen LogP contribution >= 0.6 is 0 Å². The molecule has 0 amide bonds. The largest absolute Gasteiger partial charge is 0.508 e. The van der Waals surface area contributed by atoms with Crippen LogP contribution in [0.15, 0.2) is 36.5 Å². The molecule has 1 heterocycles. The molecule has 1 N–H and O–H groups in total. The van der Waals surface area contributed by atoms with Gasteiger partial charge in [-0.2, -0.15) is 0 Å². The van der Waals surface area contributed by atoms with E-state index in [4.69, 9.17) is 4.98 Å². The molecule has 0 saturated heterocycles. The number of rotatable bonds is 0. The van der Waals surface area contributed by atoms with Crippen LogP contribution in [0.25, 0.3) is 0 Å². The Morgan fingerprint density at radius 3 is 3.00 bits per heavy atom. The monoisotopic (exact) mass is 305 g/mol. The standard InChI is InChI=1S/C21H23NO/c1-21-9-8-17-16-7-5-15(23)11-13(16)4-6-18(17)19(21)12-14-3-2-10-22-20(14)21/h2-3,5,7,10-11,17-19,23H,4,6,8-9,12H2,1H3/t17?,18?,19?,21-/m0/s1. The molecule has 3 aliphatic carbocycles. The Morgan fingerprint density at radius 2 is 2.09 bits per heavy atom. The fourth-order valence-corrected chi connectivity index (χ4v) is 5.91. The average molecular weight is 305 g/mol. The molecule has 1 aromatic heterocycles. The number of fused-ring (bicyclic) bond motifs is 7. The minimum Gasteiger partial charge on any atom is -0.508 e. The third-order valence-corrected chi connectivity index (χ3v) is 6.97. The summed E-state index contributed by atoms with van der Waals surface area (Å²) in [5.74, 6) is 2.58. The second kappa shape index (κ2) is 4.59. The van der Waals surface area contributed by atoms with Crippen LogP contribution in [0.4, 0.5) is 0 Å². The smallest absolute Gasteiger partial charge is 0.115 e. The Hall–Kier alpha value is -1.83. The molecular weight excluding hydrogens is 282 g/mol. The lowest BCUT2D eigenvalue weighted by atomic mass is 9.55. The molecule has 2 nitrogen and oxygen atoms in total. The summed E-state index contributed by atoms with van der Waals surface area (Å²) < 4.78 is 0. The molecule has 0 spiro atoms. The van der Waals surface area contributed by atoms with Gasteiger partial charge in [-0.15, -0.1) is 0 Å². The van der Waals surface area contributed by atoms with Gasteiger partial charge in [-0.05, 0) is 84.7 Å². The van der Waals surface area contributed by atoms with Crippen LogP contribution in [0.1, 0.15) is 54.5 Å². The second-order valence-corrected chi connectivity index (χ2v) is 7.97. The number of nitrogens with zero attached hydrogens (tertiary/aromatic N) is 1. The first-order valence-electron chi connectivity index (χ1n) is 8.93. The van der Waals surface area contributed by atoms with Gasteiger partial charge in [0.15, 0.2) is 0 Å². The first kappa shape index (κ1) is 13.6. The molecule has 0 bridgehead atoms. The molecule has 4 atom stereocenters. The number of hydrogen-bond acceptors (Lipinski definition) is 2. The highest BCUT2D eigenvalue weighted by Gasteiger charge is 2.53. The molecule has 5 rings (SSSR count). The minimum absolute atomic E-state index is 0.270. The molecule has 118 valence electrons. The summed E-state index contributed by atoms with van der Waals surface area (Å²) in [7, 11) is 0. The third-order valence-electron chi connectivity index (χ3n) is 6.97. The van der Waals surface area contributed by atoms with Crippen LogP contribution < -0.4 is 0 Å². The van der Waals surface area contributed by atoms with Crippen molar-refractivity contribution in [2.24, 2.45) is 11.8 Å². The molecule has 0 aliphatic heterocycles. The van der Waals surface area contributed by atoms with Gasteiger partial charge in [-0.1, -0.05) is 19.1 Å².